The lowest BCUT2D eigenvalue weighted by atomic mass is 9.86. The number of rotatable bonds is 5. The van der Waals surface area contributed by atoms with E-state index in [9.17, 15) is 0 Å². The molecule has 1 aliphatic carbocycles. The minimum absolute atomic E-state index is 0.576. The Balaban J connectivity index is 2.27. The van der Waals surface area contributed by atoms with Crippen LogP contribution >= 0.6 is 0 Å². The molecule has 0 spiro atoms. The molecule has 1 saturated carbocycles. The van der Waals surface area contributed by atoms with E-state index in [4.69, 9.17) is 6.42 Å². The minimum Gasteiger partial charge on any atom is -0.305 e. The Kier molecular flexibility index (Phi) is 5.87. The largest absolute Gasteiger partial charge is 0.305 e. The van der Waals surface area contributed by atoms with Gasteiger partial charge in [-0.25, -0.2) is 0 Å². The van der Waals surface area contributed by atoms with E-state index in [1.165, 1.54) is 25.7 Å². The van der Waals surface area contributed by atoms with Crippen LogP contribution in [0.25, 0.3) is 0 Å². The maximum Gasteiger partial charge on any atom is 0.0574 e. The zero-order chi connectivity index (χ0) is 12.0. The van der Waals surface area contributed by atoms with Gasteiger partial charge in [0.15, 0.2) is 0 Å². The third-order valence-electron chi connectivity index (χ3n) is 3.92. The van der Waals surface area contributed by atoms with Crippen LogP contribution in [-0.2, 0) is 0 Å². The lowest BCUT2D eigenvalue weighted by Gasteiger charge is -2.37. The average molecular weight is 222 g/mol. The van der Waals surface area contributed by atoms with Crippen LogP contribution < -0.4 is 5.32 Å². The number of hydrogen-bond donors (Lipinski definition) is 1. The molecule has 0 saturated heterocycles. The summed E-state index contributed by atoms with van der Waals surface area (Å²) in [5, 5.41) is 3.29. The summed E-state index contributed by atoms with van der Waals surface area (Å²) in [4.78, 5) is 2.52. The molecule has 0 aromatic rings. The Hall–Kier alpha value is -0.520. The standard InChI is InChI=1S/C14H26N2/c1-5-10-15-11-13(3)16(4)14-8-6-12(2)7-9-14/h1,12-15H,6-11H2,2-4H3. The van der Waals surface area contributed by atoms with Gasteiger partial charge in [0.1, 0.15) is 0 Å². The van der Waals surface area contributed by atoms with Gasteiger partial charge in [0, 0.05) is 18.6 Å². The van der Waals surface area contributed by atoms with Gasteiger partial charge < -0.3 is 5.32 Å². The molecule has 1 N–H and O–H groups in total. The predicted octanol–water partition coefficient (Wildman–Crippen LogP) is 2.11. The summed E-state index contributed by atoms with van der Waals surface area (Å²) in [5.41, 5.74) is 0. The fraction of sp³-hybridized carbons (Fsp3) is 0.857. The maximum absolute atomic E-state index is 5.22. The SMILES string of the molecule is C#CCNCC(C)N(C)C1CCC(C)CC1. The Morgan fingerprint density at radius 3 is 2.56 bits per heavy atom. The summed E-state index contributed by atoms with van der Waals surface area (Å²) in [7, 11) is 2.25. The van der Waals surface area contributed by atoms with E-state index in [-0.39, 0.29) is 0 Å². The van der Waals surface area contributed by atoms with Crippen molar-refractivity contribution in [1.82, 2.24) is 10.2 Å². The van der Waals surface area contributed by atoms with Crippen LogP contribution in [0.2, 0.25) is 0 Å². The van der Waals surface area contributed by atoms with Crippen LogP contribution in [0.5, 0.6) is 0 Å². The Labute approximate surface area is 101 Å². The molecule has 0 aliphatic heterocycles. The Morgan fingerprint density at radius 2 is 2.00 bits per heavy atom. The second-order valence-electron chi connectivity index (χ2n) is 5.26. The second-order valence-corrected chi connectivity index (χ2v) is 5.26. The van der Waals surface area contributed by atoms with Crippen molar-refractivity contribution in [3.63, 3.8) is 0 Å². The Morgan fingerprint density at radius 1 is 1.38 bits per heavy atom. The third-order valence-corrected chi connectivity index (χ3v) is 3.92. The number of nitrogens with one attached hydrogen (secondary N) is 1. The zero-order valence-electron chi connectivity index (χ0n) is 11.0. The summed E-state index contributed by atoms with van der Waals surface area (Å²) in [6.45, 7) is 6.32. The van der Waals surface area contributed by atoms with Gasteiger partial charge in [0.2, 0.25) is 0 Å². The topological polar surface area (TPSA) is 15.3 Å². The van der Waals surface area contributed by atoms with Crippen LogP contribution in [0.3, 0.4) is 0 Å². The van der Waals surface area contributed by atoms with Gasteiger partial charge in [-0.2, -0.15) is 0 Å². The van der Waals surface area contributed by atoms with E-state index in [2.05, 4.69) is 37.0 Å². The van der Waals surface area contributed by atoms with E-state index in [0.717, 1.165) is 18.5 Å². The summed E-state index contributed by atoms with van der Waals surface area (Å²) in [5.74, 6) is 3.55. The molecule has 0 aromatic heterocycles. The van der Waals surface area contributed by atoms with Gasteiger partial charge in [-0.3, -0.25) is 4.90 Å². The van der Waals surface area contributed by atoms with Crippen molar-refractivity contribution in [3.05, 3.63) is 0 Å². The van der Waals surface area contributed by atoms with Crippen molar-refractivity contribution in [2.45, 2.75) is 51.6 Å². The third kappa shape index (κ3) is 4.15. The van der Waals surface area contributed by atoms with Crippen LogP contribution in [0, 0.1) is 18.3 Å². The summed E-state index contributed by atoms with van der Waals surface area (Å²) >= 11 is 0. The first-order valence-corrected chi connectivity index (χ1v) is 6.51. The highest BCUT2D eigenvalue weighted by molar-refractivity contribution is 4.87. The van der Waals surface area contributed by atoms with Gasteiger partial charge in [-0.05, 0) is 45.6 Å². The number of hydrogen-bond acceptors (Lipinski definition) is 2. The second kappa shape index (κ2) is 6.93. The summed E-state index contributed by atoms with van der Waals surface area (Å²) < 4.78 is 0. The molecular weight excluding hydrogens is 196 g/mol. The molecule has 0 heterocycles. The number of nitrogens with zero attached hydrogens (tertiary/aromatic N) is 1. The van der Waals surface area contributed by atoms with Crippen molar-refractivity contribution in [3.8, 4) is 12.3 Å². The van der Waals surface area contributed by atoms with Crippen LogP contribution in [-0.4, -0.2) is 37.1 Å². The first kappa shape index (κ1) is 13.5. The summed E-state index contributed by atoms with van der Waals surface area (Å²) in [6.07, 6.45) is 10.7. The van der Waals surface area contributed by atoms with Crippen molar-refractivity contribution >= 4 is 0 Å². The normalized spacial score (nSPS) is 27.7. The Bertz CT molecular complexity index is 223. The molecule has 0 bridgehead atoms. The quantitative estimate of drug-likeness (QED) is 0.566. The van der Waals surface area contributed by atoms with E-state index < -0.39 is 0 Å². The molecule has 2 nitrogen and oxygen atoms in total. The van der Waals surface area contributed by atoms with Gasteiger partial charge in [-0.1, -0.05) is 12.8 Å². The maximum atomic E-state index is 5.22. The average Bonchev–Trinajstić information content (AvgIpc) is 2.29. The highest BCUT2D eigenvalue weighted by atomic mass is 15.2. The lowest BCUT2D eigenvalue weighted by molar-refractivity contribution is 0.130. The van der Waals surface area contributed by atoms with E-state index >= 15 is 0 Å². The first-order chi connectivity index (χ1) is 7.65. The van der Waals surface area contributed by atoms with E-state index in [0.29, 0.717) is 12.6 Å². The fourth-order valence-electron chi connectivity index (χ4n) is 2.51. The molecule has 1 atom stereocenters. The molecule has 0 radical (unpaired) electrons. The van der Waals surface area contributed by atoms with Crippen molar-refractivity contribution in [2.75, 3.05) is 20.1 Å². The van der Waals surface area contributed by atoms with Crippen LogP contribution in [0.15, 0.2) is 0 Å². The molecule has 1 aliphatic rings. The molecule has 16 heavy (non-hydrogen) atoms. The first-order valence-electron chi connectivity index (χ1n) is 6.51. The fourth-order valence-corrected chi connectivity index (χ4v) is 2.51. The lowest BCUT2D eigenvalue weighted by Crippen LogP contribution is -2.45. The molecule has 92 valence electrons. The molecule has 1 unspecified atom stereocenters. The van der Waals surface area contributed by atoms with Gasteiger partial charge >= 0.3 is 0 Å². The molecule has 2 heteroatoms. The molecule has 0 amide bonds. The van der Waals surface area contributed by atoms with Crippen molar-refractivity contribution in [1.29, 1.82) is 0 Å². The van der Waals surface area contributed by atoms with Gasteiger partial charge in [-0.15, -0.1) is 6.42 Å². The summed E-state index contributed by atoms with van der Waals surface area (Å²) in [6, 6.07) is 1.35. The smallest absolute Gasteiger partial charge is 0.0574 e. The number of terminal acetylenes is 1. The van der Waals surface area contributed by atoms with Gasteiger partial charge in [0.25, 0.3) is 0 Å². The highest BCUT2D eigenvalue weighted by Crippen LogP contribution is 2.27. The highest BCUT2D eigenvalue weighted by Gasteiger charge is 2.24. The number of likely N-dealkylation sites (N-methyl/N-ethyl adjacent to an activating group) is 1. The van der Waals surface area contributed by atoms with E-state index in [1.54, 1.807) is 0 Å². The predicted molar refractivity (Wildman–Crippen MR) is 70.3 cm³/mol. The van der Waals surface area contributed by atoms with Gasteiger partial charge in [0.05, 0.1) is 6.54 Å². The van der Waals surface area contributed by atoms with Crippen LogP contribution in [0.1, 0.15) is 39.5 Å². The zero-order valence-corrected chi connectivity index (χ0v) is 11.0. The molecule has 1 fully saturated rings. The minimum atomic E-state index is 0.576. The van der Waals surface area contributed by atoms with Crippen molar-refractivity contribution in [2.24, 2.45) is 5.92 Å². The molecule has 1 rings (SSSR count). The monoisotopic (exact) mass is 222 g/mol. The molecular formula is C14H26N2. The van der Waals surface area contributed by atoms with E-state index in [1.807, 2.05) is 0 Å². The molecule has 0 aromatic carbocycles. The van der Waals surface area contributed by atoms with Crippen molar-refractivity contribution < 1.29 is 0 Å². The van der Waals surface area contributed by atoms with Crippen LogP contribution in [0.4, 0.5) is 0 Å².